The fourth-order valence-corrected chi connectivity index (χ4v) is 5.74. The maximum absolute atomic E-state index is 13.3. The normalized spacial score (nSPS) is 16.8. The molecule has 1 saturated heterocycles. The maximum atomic E-state index is 13.3. The summed E-state index contributed by atoms with van der Waals surface area (Å²) in [5, 5.41) is 7.32. The van der Waals surface area contributed by atoms with Crippen LogP contribution in [0.4, 0.5) is 11.4 Å². The van der Waals surface area contributed by atoms with Crippen molar-refractivity contribution in [3.63, 3.8) is 0 Å². The summed E-state index contributed by atoms with van der Waals surface area (Å²) in [6.07, 6.45) is 4.50. The average molecular weight is 549 g/mol. The molecule has 0 unspecified atom stereocenters. The van der Waals surface area contributed by atoms with E-state index in [1.54, 1.807) is 22.8 Å². The molecule has 4 aromatic rings. The van der Waals surface area contributed by atoms with Gasteiger partial charge in [0.15, 0.2) is 0 Å². The number of rotatable bonds is 6. The van der Waals surface area contributed by atoms with Gasteiger partial charge in [-0.3, -0.25) is 14.2 Å². The highest BCUT2D eigenvalue weighted by Gasteiger charge is 2.29. The van der Waals surface area contributed by atoms with Gasteiger partial charge >= 0.3 is 5.97 Å². The number of carbonyl (C=O) groups is 3. The topological polar surface area (TPSA) is 92.7 Å². The van der Waals surface area contributed by atoms with E-state index in [1.165, 1.54) is 7.11 Å². The molecule has 0 saturated carbocycles. The van der Waals surface area contributed by atoms with Crippen LogP contribution in [-0.4, -0.2) is 54.5 Å². The lowest BCUT2D eigenvalue weighted by Gasteiger charge is -2.28. The van der Waals surface area contributed by atoms with Crippen LogP contribution in [0.25, 0.3) is 22.2 Å². The van der Waals surface area contributed by atoms with Crippen LogP contribution >= 0.6 is 0 Å². The average Bonchev–Trinajstić information content (AvgIpc) is 3.56. The van der Waals surface area contributed by atoms with E-state index in [4.69, 9.17) is 4.74 Å². The number of likely N-dealkylation sites (tertiary alicyclic amines) is 1. The Hall–Kier alpha value is -4.69. The highest BCUT2D eigenvalue weighted by molar-refractivity contribution is 6.37. The molecule has 41 heavy (non-hydrogen) atoms. The van der Waals surface area contributed by atoms with E-state index >= 15 is 0 Å². The van der Waals surface area contributed by atoms with Gasteiger partial charge in [-0.05, 0) is 80.9 Å². The summed E-state index contributed by atoms with van der Waals surface area (Å²) in [4.78, 5) is 40.8. The number of nitrogens with zero attached hydrogens (tertiary/aromatic N) is 2. The van der Waals surface area contributed by atoms with Gasteiger partial charge in [0.2, 0.25) is 5.91 Å². The Bertz CT molecular complexity index is 1680. The number of carbonyl (C=O) groups excluding carboxylic acids is 3. The van der Waals surface area contributed by atoms with Gasteiger partial charge in [0.1, 0.15) is 0 Å². The molecule has 208 valence electrons. The first-order chi connectivity index (χ1) is 19.9. The number of amides is 1. The highest BCUT2D eigenvalue weighted by atomic mass is 16.5. The lowest BCUT2D eigenvalue weighted by atomic mass is 9.93. The molecule has 8 heteroatoms. The monoisotopic (exact) mass is 548 g/mol. The molecule has 2 aliphatic heterocycles. The van der Waals surface area contributed by atoms with Gasteiger partial charge in [0.05, 0.1) is 35.1 Å². The molecule has 2 aliphatic rings. The summed E-state index contributed by atoms with van der Waals surface area (Å²) in [6.45, 7) is 2.07. The number of benzene rings is 3. The summed E-state index contributed by atoms with van der Waals surface area (Å²) in [5.74, 6) is -0.194. The second-order valence-electron chi connectivity index (χ2n) is 10.8. The lowest BCUT2D eigenvalue weighted by Crippen LogP contribution is -2.31. The third kappa shape index (κ3) is 5.26. The first kappa shape index (κ1) is 26.5. The van der Waals surface area contributed by atoms with E-state index in [0.717, 1.165) is 48.1 Å². The quantitative estimate of drug-likeness (QED) is 0.236. The Labute approximate surface area is 238 Å². The van der Waals surface area contributed by atoms with Crippen molar-refractivity contribution in [1.82, 2.24) is 9.47 Å². The number of anilines is 2. The van der Waals surface area contributed by atoms with Crippen LogP contribution in [0.5, 0.6) is 0 Å². The van der Waals surface area contributed by atoms with E-state index in [9.17, 15) is 14.4 Å². The second-order valence-corrected chi connectivity index (χ2v) is 10.8. The standard InChI is InChI=1S/C33H32N4O4/c1-36-15-12-21(13-16-36)18-29(38)37-17-14-23-19-25(9-11-28(23)37)34-31(22-6-4-3-5-7-22)30-26-10-8-24(33(40)41-2)20-27(26)35-32(30)39/h3-11,14,17,19-21,34H,12-13,15-16,18H2,1-2H3,(H,35,39)/b31-30-. The Morgan fingerprint density at radius 3 is 2.51 bits per heavy atom. The van der Waals surface area contributed by atoms with Gasteiger partial charge in [-0.2, -0.15) is 0 Å². The second kappa shape index (κ2) is 11.1. The molecule has 6 rings (SSSR count). The van der Waals surface area contributed by atoms with Gasteiger partial charge in [-0.1, -0.05) is 36.4 Å². The van der Waals surface area contributed by atoms with Gasteiger partial charge in [0, 0.05) is 29.3 Å². The predicted molar refractivity (Wildman–Crippen MR) is 161 cm³/mol. The zero-order valence-corrected chi connectivity index (χ0v) is 23.1. The maximum Gasteiger partial charge on any atom is 0.337 e. The summed E-state index contributed by atoms with van der Waals surface area (Å²) in [6, 6.07) is 22.5. The van der Waals surface area contributed by atoms with Crippen LogP contribution in [0.3, 0.4) is 0 Å². The zero-order valence-electron chi connectivity index (χ0n) is 23.1. The molecular formula is C33H32N4O4. The fraction of sp³-hybridized carbons (Fsp3) is 0.242. The Morgan fingerprint density at radius 2 is 1.76 bits per heavy atom. The number of esters is 1. The molecule has 3 aromatic carbocycles. The molecular weight excluding hydrogens is 516 g/mol. The number of ether oxygens (including phenoxy) is 1. The number of hydrogen-bond donors (Lipinski definition) is 2. The van der Waals surface area contributed by atoms with Gasteiger partial charge in [-0.15, -0.1) is 0 Å². The molecule has 2 N–H and O–H groups in total. The van der Waals surface area contributed by atoms with Crippen molar-refractivity contribution in [3.8, 4) is 0 Å². The van der Waals surface area contributed by atoms with Gasteiger partial charge < -0.3 is 20.3 Å². The van der Waals surface area contributed by atoms with E-state index in [1.807, 2.05) is 60.8 Å². The van der Waals surface area contributed by atoms with Crippen molar-refractivity contribution in [1.29, 1.82) is 0 Å². The van der Waals surface area contributed by atoms with E-state index in [-0.39, 0.29) is 11.8 Å². The third-order valence-electron chi connectivity index (χ3n) is 8.03. The van der Waals surface area contributed by atoms with Crippen molar-refractivity contribution in [2.45, 2.75) is 19.3 Å². The first-order valence-corrected chi connectivity index (χ1v) is 13.8. The minimum Gasteiger partial charge on any atom is -0.465 e. The van der Waals surface area contributed by atoms with Crippen molar-refractivity contribution in [2.75, 3.05) is 37.9 Å². The molecule has 1 amide bonds. The number of fused-ring (bicyclic) bond motifs is 2. The molecule has 0 radical (unpaired) electrons. The molecule has 1 aromatic heterocycles. The molecule has 1 fully saturated rings. The highest BCUT2D eigenvalue weighted by Crippen LogP contribution is 2.38. The third-order valence-corrected chi connectivity index (χ3v) is 8.03. The van der Waals surface area contributed by atoms with Crippen molar-refractivity contribution in [3.05, 3.63) is 95.7 Å². The van der Waals surface area contributed by atoms with E-state index in [0.29, 0.717) is 40.4 Å². The molecule has 0 aliphatic carbocycles. The Kier molecular flexibility index (Phi) is 7.15. The SMILES string of the molecule is COC(=O)c1ccc2c(c1)NC(=O)/C2=C(\Nc1ccc2c(ccn2C(=O)CC2CCN(C)CC2)c1)c1ccccc1. The van der Waals surface area contributed by atoms with Crippen molar-refractivity contribution in [2.24, 2.45) is 5.92 Å². The minimum absolute atomic E-state index is 0.118. The van der Waals surface area contributed by atoms with Crippen molar-refractivity contribution < 1.29 is 19.1 Å². The number of hydrogen-bond acceptors (Lipinski definition) is 6. The lowest BCUT2D eigenvalue weighted by molar-refractivity contribution is -0.110. The van der Waals surface area contributed by atoms with Crippen LogP contribution < -0.4 is 10.6 Å². The molecule has 0 atom stereocenters. The Balaban J connectivity index is 1.33. The summed E-state index contributed by atoms with van der Waals surface area (Å²) >= 11 is 0. The van der Waals surface area contributed by atoms with Gasteiger partial charge in [0.25, 0.3) is 5.91 Å². The molecule has 3 heterocycles. The van der Waals surface area contributed by atoms with Crippen LogP contribution in [-0.2, 0) is 9.53 Å². The molecule has 0 bridgehead atoms. The fourth-order valence-electron chi connectivity index (χ4n) is 5.74. The number of methoxy groups -OCH3 is 1. The minimum atomic E-state index is -0.467. The van der Waals surface area contributed by atoms with Gasteiger partial charge in [-0.25, -0.2) is 4.79 Å². The first-order valence-electron chi connectivity index (χ1n) is 13.8. The predicted octanol–water partition coefficient (Wildman–Crippen LogP) is 5.73. The molecule has 8 nitrogen and oxygen atoms in total. The number of piperidine rings is 1. The van der Waals surface area contributed by atoms with E-state index in [2.05, 4.69) is 22.6 Å². The smallest absolute Gasteiger partial charge is 0.337 e. The van der Waals surface area contributed by atoms with Crippen LogP contribution in [0.15, 0.2) is 79.0 Å². The largest absolute Gasteiger partial charge is 0.465 e. The Morgan fingerprint density at radius 1 is 0.976 bits per heavy atom. The summed E-state index contributed by atoms with van der Waals surface area (Å²) in [7, 11) is 3.45. The van der Waals surface area contributed by atoms with E-state index < -0.39 is 5.97 Å². The van der Waals surface area contributed by atoms with Crippen LogP contribution in [0, 0.1) is 5.92 Å². The number of nitrogens with one attached hydrogen (secondary N) is 2. The zero-order chi connectivity index (χ0) is 28.5. The number of aromatic nitrogens is 1. The summed E-state index contributed by atoms with van der Waals surface area (Å²) < 4.78 is 6.60. The van der Waals surface area contributed by atoms with Crippen molar-refractivity contribution >= 4 is 51.3 Å². The molecule has 0 spiro atoms. The van der Waals surface area contributed by atoms with Crippen LogP contribution in [0.2, 0.25) is 0 Å². The summed E-state index contributed by atoms with van der Waals surface area (Å²) in [5.41, 5.74) is 5.23. The van der Waals surface area contributed by atoms with Crippen LogP contribution in [0.1, 0.15) is 45.5 Å².